The first-order valence-electron chi connectivity index (χ1n) is 7.09. The van der Waals surface area contributed by atoms with Gasteiger partial charge in [0, 0.05) is 6.54 Å². The summed E-state index contributed by atoms with van der Waals surface area (Å²) in [5.74, 6) is 3.00. The minimum Gasteiger partial charge on any atom is -0.488 e. The van der Waals surface area contributed by atoms with Gasteiger partial charge in [-0.1, -0.05) is 12.1 Å². The quantitative estimate of drug-likeness (QED) is 0.810. The molecule has 0 radical (unpaired) electrons. The Hall–Kier alpha value is -0.780. The summed E-state index contributed by atoms with van der Waals surface area (Å²) >= 11 is 2.01. The normalized spacial score (nSPS) is 17.9. The summed E-state index contributed by atoms with van der Waals surface area (Å²) in [7, 11) is 0. The van der Waals surface area contributed by atoms with Crippen LogP contribution in [-0.2, 0) is 0 Å². The molecule has 0 amide bonds. The average molecular weight is 299 g/mol. The van der Waals surface area contributed by atoms with Gasteiger partial charge in [-0.3, -0.25) is 0 Å². The van der Waals surface area contributed by atoms with Crippen LogP contribution in [0.2, 0.25) is 0 Å². The fraction of sp³-hybridized carbons (Fsp3) is 0.600. The van der Waals surface area contributed by atoms with Gasteiger partial charge in [-0.2, -0.15) is 11.8 Å². The molecular formula is C15H22FNO2S. The van der Waals surface area contributed by atoms with E-state index in [2.05, 4.69) is 5.32 Å². The average Bonchev–Trinajstić information content (AvgIpc) is 2.47. The van der Waals surface area contributed by atoms with E-state index in [1.165, 1.54) is 30.4 Å². The van der Waals surface area contributed by atoms with Crippen LogP contribution in [0.25, 0.3) is 0 Å². The predicted octanol–water partition coefficient (Wildman–Crippen LogP) is 2.30. The molecule has 2 rings (SSSR count). The Labute approximate surface area is 123 Å². The first-order chi connectivity index (χ1) is 9.75. The number of aliphatic hydroxyl groups excluding tert-OH is 1. The Bertz CT molecular complexity index is 399. The highest BCUT2D eigenvalue weighted by Crippen LogP contribution is 2.21. The zero-order valence-corrected chi connectivity index (χ0v) is 12.4. The van der Waals surface area contributed by atoms with Gasteiger partial charge < -0.3 is 15.2 Å². The molecule has 0 spiro atoms. The lowest BCUT2D eigenvalue weighted by molar-refractivity contribution is 0.103. The molecule has 1 aliphatic rings. The Balaban J connectivity index is 1.60. The molecule has 1 fully saturated rings. The molecule has 0 bridgehead atoms. The standard InChI is InChI=1S/C15H22FNO2S/c16-14-3-1-2-4-15(14)19-11-13(18)10-17-9-12-5-7-20-8-6-12/h1-4,12-13,17-18H,5-11H2. The number of aliphatic hydroxyl groups is 1. The second kappa shape index (κ2) is 8.49. The Kier molecular flexibility index (Phi) is 6.63. The van der Waals surface area contributed by atoms with Crippen LogP contribution in [0.5, 0.6) is 5.75 Å². The second-order valence-corrected chi connectivity index (χ2v) is 6.33. The van der Waals surface area contributed by atoms with Crippen molar-refractivity contribution >= 4 is 11.8 Å². The fourth-order valence-electron chi connectivity index (χ4n) is 2.21. The van der Waals surface area contributed by atoms with E-state index in [0.29, 0.717) is 6.54 Å². The lowest BCUT2D eigenvalue weighted by atomic mass is 10.0. The van der Waals surface area contributed by atoms with Gasteiger partial charge in [0.05, 0.1) is 0 Å². The molecular weight excluding hydrogens is 277 g/mol. The third-order valence-electron chi connectivity index (χ3n) is 3.42. The van der Waals surface area contributed by atoms with Crippen molar-refractivity contribution in [2.24, 2.45) is 5.92 Å². The summed E-state index contributed by atoms with van der Waals surface area (Å²) in [5.41, 5.74) is 0. The summed E-state index contributed by atoms with van der Waals surface area (Å²) in [6.07, 6.45) is 1.88. The minimum absolute atomic E-state index is 0.106. The van der Waals surface area contributed by atoms with Crippen LogP contribution in [0.15, 0.2) is 24.3 Å². The third kappa shape index (κ3) is 5.31. The van der Waals surface area contributed by atoms with Crippen molar-refractivity contribution in [3.63, 3.8) is 0 Å². The molecule has 1 saturated heterocycles. The first kappa shape index (κ1) is 15.6. The van der Waals surface area contributed by atoms with Gasteiger partial charge in [0.2, 0.25) is 0 Å². The Morgan fingerprint density at radius 3 is 2.85 bits per heavy atom. The topological polar surface area (TPSA) is 41.5 Å². The van der Waals surface area contributed by atoms with Crippen molar-refractivity contribution in [2.45, 2.75) is 18.9 Å². The molecule has 1 aromatic rings. The summed E-state index contributed by atoms with van der Waals surface area (Å²) in [4.78, 5) is 0. The van der Waals surface area contributed by atoms with Gasteiger partial charge >= 0.3 is 0 Å². The Morgan fingerprint density at radius 2 is 2.10 bits per heavy atom. The highest BCUT2D eigenvalue weighted by Gasteiger charge is 2.14. The van der Waals surface area contributed by atoms with Crippen molar-refractivity contribution in [1.29, 1.82) is 0 Å². The summed E-state index contributed by atoms with van der Waals surface area (Å²) in [5, 5.41) is 13.1. The van der Waals surface area contributed by atoms with Gasteiger partial charge in [-0.25, -0.2) is 4.39 Å². The van der Waals surface area contributed by atoms with Gasteiger partial charge in [0.15, 0.2) is 11.6 Å². The van der Waals surface area contributed by atoms with E-state index in [1.807, 2.05) is 11.8 Å². The number of hydrogen-bond donors (Lipinski definition) is 2. The molecule has 1 aromatic carbocycles. The van der Waals surface area contributed by atoms with Crippen LogP contribution in [-0.4, -0.2) is 42.4 Å². The lowest BCUT2D eigenvalue weighted by Crippen LogP contribution is -2.35. The number of hydrogen-bond acceptors (Lipinski definition) is 4. The number of nitrogens with one attached hydrogen (secondary N) is 1. The smallest absolute Gasteiger partial charge is 0.165 e. The molecule has 112 valence electrons. The molecule has 1 unspecified atom stereocenters. The summed E-state index contributed by atoms with van der Waals surface area (Å²) < 4.78 is 18.6. The van der Waals surface area contributed by atoms with Crippen LogP contribution in [0.1, 0.15) is 12.8 Å². The highest BCUT2D eigenvalue weighted by atomic mass is 32.2. The maximum absolute atomic E-state index is 13.3. The molecule has 1 aliphatic heterocycles. The zero-order chi connectivity index (χ0) is 14.2. The number of benzene rings is 1. The number of halogens is 1. The molecule has 20 heavy (non-hydrogen) atoms. The van der Waals surface area contributed by atoms with Gasteiger partial charge in [0.1, 0.15) is 12.7 Å². The first-order valence-corrected chi connectivity index (χ1v) is 8.25. The van der Waals surface area contributed by atoms with Crippen molar-refractivity contribution in [1.82, 2.24) is 5.32 Å². The van der Waals surface area contributed by atoms with Gasteiger partial charge in [0.25, 0.3) is 0 Å². The predicted molar refractivity (Wildman–Crippen MR) is 80.8 cm³/mol. The van der Waals surface area contributed by atoms with E-state index in [0.717, 1.165) is 12.5 Å². The molecule has 2 N–H and O–H groups in total. The Morgan fingerprint density at radius 1 is 1.35 bits per heavy atom. The monoisotopic (exact) mass is 299 g/mol. The lowest BCUT2D eigenvalue weighted by Gasteiger charge is -2.22. The third-order valence-corrected chi connectivity index (χ3v) is 4.47. The molecule has 3 nitrogen and oxygen atoms in total. The van der Waals surface area contributed by atoms with Crippen molar-refractivity contribution in [3.05, 3.63) is 30.1 Å². The second-order valence-electron chi connectivity index (χ2n) is 5.11. The van der Waals surface area contributed by atoms with E-state index in [4.69, 9.17) is 4.74 Å². The minimum atomic E-state index is -0.618. The van der Waals surface area contributed by atoms with E-state index < -0.39 is 11.9 Å². The van der Waals surface area contributed by atoms with E-state index in [1.54, 1.807) is 18.2 Å². The van der Waals surface area contributed by atoms with Gasteiger partial charge in [-0.15, -0.1) is 0 Å². The van der Waals surface area contributed by atoms with E-state index >= 15 is 0 Å². The molecule has 0 saturated carbocycles. The van der Waals surface area contributed by atoms with Crippen LogP contribution >= 0.6 is 11.8 Å². The highest BCUT2D eigenvalue weighted by molar-refractivity contribution is 7.99. The molecule has 5 heteroatoms. The molecule has 1 heterocycles. The van der Waals surface area contributed by atoms with Crippen LogP contribution in [0.3, 0.4) is 0 Å². The van der Waals surface area contributed by atoms with Crippen LogP contribution < -0.4 is 10.1 Å². The number of ether oxygens (including phenoxy) is 1. The fourth-order valence-corrected chi connectivity index (χ4v) is 3.42. The van der Waals surface area contributed by atoms with Crippen LogP contribution in [0.4, 0.5) is 4.39 Å². The van der Waals surface area contributed by atoms with E-state index in [9.17, 15) is 9.50 Å². The van der Waals surface area contributed by atoms with Crippen LogP contribution in [0, 0.1) is 11.7 Å². The molecule has 0 aliphatic carbocycles. The maximum Gasteiger partial charge on any atom is 0.165 e. The van der Waals surface area contributed by atoms with Crippen molar-refractivity contribution in [2.75, 3.05) is 31.2 Å². The van der Waals surface area contributed by atoms with Gasteiger partial charge in [-0.05, 0) is 48.9 Å². The largest absolute Gasteiger partial charge is 0.488 e. The molecule has 0 aromatic heterocycles. The molecule has 1 atom stereocenters. The van der Waals surface area contributed by atoms with E-state index in [-0.39, 0.29) is 12.4 Å². The zero-order valence-electron chi connectivity index (χ0n) is 11.6. The maximum atomic E-state index is 13.3. The summed E-state index contributed by atoms with van der Waals surface area (Å²) in [6.45, 7) is 1.53. The number of rotatable bonds is 7. The number of thioether (sulfide) groups is 1. The summed E-state index contributed by atoms with van der Waals surface area (Å²) in [6, 6.07) is 6.24. The van der Waals surface area contributed by atoms with Crippen molar-refractivity contribution in [3.8, 4) is 5.75 Å². The number of para-hydroxylation sites is 1. The SMILES string of the molecule is OC(CNCC1CCSCC1)COc1ccccc1F. The van der Waals surface area contributed by atoms with Crippen molar-refractivity contribution < 1.29 is 14.2 Å².